The molecule has 0 bridgehead atoms. The molecular formula is C14H16N2O5. The molecular weight excluding hydrogens is 276 g/mol. The Hall–Kier alpha value is -2.41. The Kier molecular flexibility index (Phi) is 4.54. The Morgan fingerprint density at radius 2 is 1.76 bits per heavy atom. The van der Waals surface area contributed by atoms with Gasteiger partial charge in [-0.05, 0) is 37.1 Å². The van der Waals surface area contributed by atoms with Crippen LogP contribution in [0, 0.1) is 0 Å². The highest BCUT2D eigenvalue weighted by molar-refractivity contribution is 5.97. The molecule has 7 heteroatoms. The number of carboxylic acid groups (broad SMARTS) is 1. The fourth-order valence-electron chi connectivity index (χ4n) is 2.08. The average Bonchev–Trinajstić information content (AvgIpc) is 2.97. The maximum atomic E-state index is 11.9. The molecule has 0 radical (unpaired) electrons. The van der Waals surface area contributed by atoms with Crippen LogP contribution in [0.3, 0.4) is 0 Å². The molecule has 1 aliphatic rings. The molecule has 0 aliphatic carbocycles. The van der Waals surface area contributed by atoms with E-state index in [0.717, 1.165) is 0 Å². The molecule has 7 nitrogen and oxygen atoms in total. The summed E-state index contributed by atoms with van der Waals surface area (Å²) in [6, 6.07) is 6.38. The van der Waals surface area contributed by atoms with Crippen molar-refractivity contribution in [1.29, 1.82) is 0 Å². The van der Waals surface area contributed by atoms with Gasteiger partial charge in [-0.25, -0.2) is 4.79 Å². The van der Waals surface area contributed by atoms with Crippen molar-refractivity contribution in [2.45, 2.75) is 25.0 Å². The summed E-state index contributed by atoms with van der Waals surface area (Å²) in [5, 5.41) is 14.0. The molecule has 0 saturated carbocycles. The lowest BCUT2D eigenvalue weighted by Crippen LogP contribution is -2.29. The number of ether oxygens (including phenoxy) is 1. The number of hydrogen-bond acceptors (Lipinski definition) is 4. The number of hydrogen-bond donors (Lipinski definition) is 3. The van der Waals surface area contributed by atoms with E-state index in [2.05, 4.69) is 10.6 Å². The zero-order chi connectivity index (χ0) is 15.4. The minimum atomic E-state index is -1.06. The second kappa shape index (κ2) is 6.36. The number of benzene rings is 1. The smallest absolute Gasteiger partial charge is 0.332 e. The minimum absolute atomic E-state index is 0.212. The summed E-state index contributed by atoms with van der Waals surface area (Å²) in [4.78, 5) is 34.1. The molecule has 2 amide bonds. The summed E-state index contributed by atoms with van der Waals surface area (Å²) in [6.07, 6.45) is -0.983. The van der Waals surface area contributed by atoms with E-state index in [9.17, 15) is 14.4 Å². The van der Waals surface area contributed by atoms with Crippen LogP contribution in [0.4, 0.5) is 5.69 Å². The van der Waals surface area contributed by atoms with Gasteiger partial charge in [-0.3, -0.25) is 9.59 Å². The number of carbonyl (C=O) groups excluding carboxylic acids is 2. The Bertz CT molecular complexity index is 555. The van der Waals surface area contributed by atoms with Gasteiger partial charge >= 0.3 is 5.97 Å². The second-order valence-electron chi connectivity index (χ2n) is 4.67. The van der Waals surface area contributed by atoms with Gasteiger partial charge in [0, 0.05) is 18.3 Å². The van der Waals surface area contributed by atoms with Crippen LogP contribution >= 0.6 is 0 Å². The first kappa shape index (κ1) is 15.0. The monoisotopic (exact) mass is 292 g/mol. The maximum Gasteiger partial charge on any atom is 0.332 e. The van der Waals surface area contributed by atoms with Gasteiger partial charge in [-0.15, -0.1) is 0 Å². The second-order valence-corrected chi connectivity index (χ2v) is 4.67. The normalized spacial score (nSPS) is 20.8. The molecule has 0 spiro atoms. The number of carbonyl (C=O) groups is 3. The first-order valence-electron chi connectivity index (χ1n) is 6.52. The minimum Gasteiger partial charge on any atom is -0.479 e. The number of carboxylic acids is 1. The number of nitrogens with one attached hydrogen (secondary N) is 2. The van der Waals surface area contributed by atoms with Crippen molar-refractivity contribution in [2.24, 2.45) is 0 Å². The lowest BCUT2D eigenvalue weighted by Gasteiger charge is -2.12. The van der Waals surface area contributed by atoms with Gasteiger partial charge in [0.2, 0.25) is 0 Å². The Morgan fingerprint density at radius 1 is 1.14 bits per heavy atom. The van der Waals surface area contributed by atoms with Gasteiger partial charge < -0.3 is 20.5 Å². The van der Waals surface area contributed by atoms with Crippen LogP contribution in [0.2, 0.25) is 0 Å². The molecule has 1 aromatic carbocycles. The van der Waals surface area contributed by atoms with Gasteiger partial charge in [-0.2, -0.15) is 0 Å². The third kappa shape index (κ3) is 3.57. The standard InChI is InChI=1S/C14H16N2O5/c1-15-12(17)8-2-4-9(5-3-8)16-13(18)10-6-7-11(21-10)14(19)20/h2-5,10-11H,6-7H2,1H3,(H,15,17)(H,16,18)(H,19,20)/t10-,11+/m0/s1. The van der Waals surface area contributed by atoms with E-state index in [4.69, 9.17) is 9.84 Å². The molecule has 3 N–H and O–H groups in total. The SMILES string of the molecule is CNC(=O)c1ccc(NC(=O)[C@@H]2CC[C@H](C(=O)O)O2)cc1. The van der Waals surface area contributed by atoms with Crippen LogP contribution in [-0.2, 0) is 14.3 Å². The highest BCUT2D eigenvalue weighted by Crippen LogP contribution is 2.21. The lowest BCUT2D eigenvalue weighted by atomic mass is 10.1. The van der Waals surface area contributed by atoms with E-state index >= 15 is 0 Å². The molecule has 1 fully saturated rings. The number of aliphatic carboxylic acids is 1. The van der Waals surface area contributed by atoms with Crippen LogP contribution in [-0.4, -0.2) is 42.1 Å². The maximum absolute atomic E-state index is 11.9. The van der Waals surface area contributed by atoms with Crippen LogP contribution < -0.4 is 10.6 Å². The van der Waals surface area contributed by atoms with E-state index in [1.54, 1.807) is 24.3 Å². The van der Waals surface area contributed by atoms with Crippen LogP contribution in [0.5, 0.6) is 0 Å². The molecule has 1 heterocycles. The fraction of sp³-hybridized carbons (Fsp3) is 0.357. The van der Waals surface area contributed by atoms with E-state index in [1.165, 1.54) is 7.05 Å². The van der Waals surface area contributed by atoms with Crippen molar-refractivity contribution in [3.05, 3.63) is 29.8 Å². The molecule has 2 rings (SSSR count). The Balaban J connectivity index is 1.94. The van der Waals surface area contributed by atoms with Gasteiger partial charge in [0.1, 0.15) is 6.10 Å². The number of anilines is 1. The van der Waals surface area contributed by atoms with Crippen molar-refractivity contribution in [1.82, 2.24) is 5.32 Å². The zero-order valence-corrected chi connectivity index (χ0v) is 11.5. The predicted molar refractivity (Wildman–Crippen MR) is 74.0 cm³/mol. The van der Waals surface area contributed by atoms with Gasteiger partial charge in [0.25, 0.3) is 11.8 Å². The first-order chi connectivity index (χ1) is 10.0. The van der Waals surface area contributed by atoms with E-state index in [1.807, 2.05) is 0 Å². The van der Waals surface area contributed by atoms with Crippen LogP contribution in [0.25, 0.3) is 0 Å². The number of amides is 2. The summed E-state index contributed by atoms with van der Waals surface area (Å²) in [7, 11) is 1.54. The van der Waals surface area contributed by atoms with Crippen molar-refractivity contribution < 1.29 is 24.2 Å². The van der Waals surface area contributed by atoms with E-state index in [0.29, 0.717) is 24.1 Å². The molecule has 2 atom stereocenters. The molecule has 1 saturated heterocycles. The highest BCUT2D eigenvalue weighted by atomic mass is 16.5. The predicted octanol–water partition coefficient (Wildman–Crippen LogP) is 0.617. The van der Waals surface area contributed by atoms with Crippen LogP contribution in [0.15, 0.2) is 24.3 Å². The van der Waals surface area contributed by atoms with Gasteiger partial charge in [-0.1, -0.05) is 0 Å². The third-order valence-electron chi connectivity index (χ3n) is 3.23. The van der Waals surface area contributed by atoms with Crippen molar-refractivity contribution >= 4 is 23.5 Å². The van der Waals surface area contributed by atoms with Crippen LogP contribution in [0.1, 0.15) is 23.2 Å². The lowest BCUT2D eigenvalue weighted by molar-refractivity contribution is -0.150. The molecule has 1 aromatic rings. The Morgan fingerprint density at radius 3 is 2.29 bits per heavy atom. The molecule has 0 aromatic heterocycles. The summed E-state index contributed by atoms with van der Waals surface area (Å²) < 4.78 is 5.16. The summed E-state index contributed by atoms with van der Waals surface area (Å²) in [5.74, 6) is -1.65. The zero-order valence-electron chi connectivity index (χ0n) is 11.5. The molecule has 112 valence electrons. The van der Waals surface area contributed by atoms with Crippen molar-refractivity contribution in [3.63, 3.8) is 0 Å². The fourth-order valence-corrected chi connectivity index (χ4v) is 2.08. The summed E-state index contributed by atoms with van der Waals surface area (Å²) in [5.41, 5.74) is 1.01. The topological polar surface area (TPSA) is 105 Å². The van der Waals surface area contributed by atoms with Crippen molar-refractivity contribution in [2.75, 3.05) is 12.4 Å². The first-order valence-corrected chi connectivity index (χ1v) is 6.52. The summed E-state index contributed by atoms with van der Waals surface area (Å²) in [6.45, 7) is 0. The van der Waals surface area contributed by atoms with E-state index in [-0.39, 0.29) is 11.8 Å². The Labute approximate surface area is 121 Å². The van der Waals surface area contributed by atoms with Gasteiger partial charge in [0.15, 0.2) is 6.10 Å². The van der Waals surface area contributed by atoms with Crippen molar-refractivity contribution in [3.8, 4) is 0 Å². The third-order valence-corrected chi connectivity index (χ3v) is 3.23. The highest BCUT2D eigenvalue weighted by Gasteiger charge is 2.34. The quantitative estimate of drug-likeness (QED) is 0.754. The van der Waals surface area contributed by atoms with E-state index < -0.39 is 18.2 Å². The average molecular weight is 292 g/mol. The summed E-state index contributed by atoms with van der Waals surface area (Å²) >= 11 is 0. The number of rotatable bonds is 4. The van der Waals surface area contributed by atoms with Gasteiger partial charge in [0.05, 0.1) is 0 Å². The largest absolute Gasteiger partial charge is 0.479 e. The molecule has 1 aliphatic heterocycles. The molecule has 0 unspecified atom stereocenters. The molecule has 21 heavy (non-hydrogen) atoms.